The standard InChI is InChI=1S/C20H24FNO3/c1-4-17-13(2)11-19(25-17)20(23)22(3)16-9-10-24-18(12-16)14-5-7-15(21)8-6-14/h5-8,11,16,18H,4,9-10,12H2,1-3H3. The molecular formula is C20H24FNO3. The summed E-state index contributed by atoms with van der Waals surface area (Å²) < 4.78 is 24.6. The molecule has 1 saturated heterocycles. The molecule has 2 heterocycles. The molecule has 2 aromatic rings. The van der Waals surface area contributed by atoms with Crippen LogP contribution in [0.25, 0.3) is 0 Å². The lowest BCUT2D eigenvalue weighted by molar-refractivity contribution is -0.0203. The number of aryl methyl sites for hydroxylation is 2. The van der Waals surface area contributed by atoms with E-state index in [0.29, 0.717) is 18.8 Å². The van der Waals surface area contributed by atoms with Crippen molar-refractivity contribution < 1.29 is 18.3 Å². The van der Waals surface area contributed by atoms with Gasteiger partial charge in [-0.3, -0.25) is 4.79 Å². The monoisotopic (exact) mass is 345 g/mol. The minimum Gasteiger partial charge on any atom is -0.456 e. The zero-order valence-corrected chi connectivity index (χ0v) is 14.9. The summed E-state index contributed by atoms with van der Waals surface area (Å²) in [5.74, 6) is 0.880. The van der Waals surface area contributed by atoms with Gasteiger partial charge < -0.3 is 14.1 Å². The molecular weight excluding hydrogens is 321 g/mol. The van der Waals surface area contributed by atoms with E-state index in [-0.39, 0.29) is 23.9 Å². The number of amides is 1. The van der Waals surface area contributed by atoms with Crippen molar-refractivity contribution in [1.82, 2.24) is 4.90 Å². The molecule has 1 aromatic heterocycles. The Bertz CT molecular complexity index is 738. The second-order valence-electron chi connectivity index (χ2n) is 6.58. The first-order valence-electron chi connectivity index (χ1n) is 8.73. The number of rotatable bonds is 4. The van der Waals surface area contributed by atoms with E-state index < -0.39 is 0 Å². The second kappa shape index (κ2) is 7.40. The minimum atomic E-state index is -0.261. The van der Waals surface area contributed by atoms with Crippen molar-refractivity contribution in [1.29, 1.82) is 0 Å². The van der Waals surface area contributed by atoms with Gasteiger partial charge in [0.15, 0.2) is 5.76 Å². The van der Waals surface area contributed by atoms with Crippen molar-refractivity contribution in [2.45, 2.75) is 45.3 Å². The van der Waals surface area contributed by atoms with Gasteiger partial charge in [-0.05, 0) is 49.1 Å². The number of hydrogen-bond donors (Lipinski definition) is 0. The summed E-state index contributed by atoms with van der Waals surface area (Å²) >= 11 is 0. The van der Waals surface area contributed by atoms with Crippen LogP contribution in [0.15, 0.2) is 34.7 Å². The van der Waals surface area contributed by atoms with Gasteiger partial charge in [0.2, 0.25) is 0 Å². The maximum Gasteiger partial charge on any atom is 0.289 e. The van der Waals surface area contributed by atoms with E-state index in [9.17, 15) is 9.18 Å². The Balaban J connectivity index is 1.71. The third-order valence-electron chi connectivity index (χ3n) is 4.92. The van der Waals surface area contributed by atoms with Crippen molar-refractivity contribution in [3.63, 3.8) is 0 Å². The maximum absolute atomic E-state index is 13.1. The first-order valence-corrected chi connectivity index (χ1v) is 8.73. The molecule has 0 saturated carbocycles. The molecule has 1 fully saturated rings. The Labute approximate surface area is 147 Å². The number of nitrogens with zero attached hydrogens (tertiary/aromatic N) is 1. The van der Waals surface area contributed by atoms with Gasteiger partial charge >= 0.3 is 0 Å². The van der Waals surface area contributed by atoms with Gasteiger partial charge in [0, 0.05) is 26.1 Å². The maximum atomic E-state index is 13.1. The Morgan fingerprint density at radius 3 is 2.68 bits per heavy atom. The van der Waals surface area contributed by atoms with Crippen LogP contribution in [0.3, 0.4) is 0 Å². The first kappa shape index (κ1) is 17.7. The fourth-order valence-corrected chi connectivity index (χ4v) is 3.36. The SMILES string of the molecule is CCc1oc(C(=O)N(C)C2CCOC(c3ccc(F)cc3)C2)cc1C. The lowest BCUT2D eigenvalue weighted by atomic mass is 9.96. The lowest BCUT2D eigenvalue weighted by Gasteiger charge is -2.35. The van der Waals surface area contributed by atoms with Gasteiger partial charge in [-0.1, -0.05) is 19.1 Å². The molecule has 1 aromatic carbocycles. The van der Waals surface area contributed by atoms with Crippen LogP contribution in [0.1, 0.15) is 53.3 Å². The van der Waals surface area contributed by atoms with E-state index in [1.807, 2.05) is 27.0 Å². The van der Waals surface area contributed by atoms with Crippen LogP contribution in [-0.2, 0) is 11.2 Å². The molecule has 1 aliphatic rings. The third kappa shape index (κ3) is 3.76. The summed E-state index contributed by atoms with van der Waals surface area (Å²) in [6.45, 7) is 4.54. The highest BCUT2D eigenvalue weighted by molar-refractivity contribution is 5.91. The Morgan fingerprint density at radius 1 is 1.32 bits per heavy atom. The molecule has 134 valence electrons. The molecule has 0 bridgehead atoms. The summed E-state index contributed by atoms with van der Waals surface area (Å²) in [7, 11) is 1.81. The third-order valence-corrected chi connectivity index (χ3v) is 4.92. The molecule has 25 heavy (non-hydrogen) atoms. The number of ether oxygens (including phenoxy) is 1. The molecule has 2 unspecified atom stereocenters. The van der Waals surface area contributed by atoms with Crippen molar-refractivity contribution in [2.75, 3.05) is 13.7 Å². The van der Waals surface area contributed by atoms with Crippen LogP contribution in [0.2, 0.25) is 0 Å². The second-order valence-corrected chi connectivity index (χ2v) is 6.58. The Kier molecular flexibility index (Phi) is 5.23. The topological polar surface area (TPSA) is 42.7 Å². The number of hydrogen-bond acceptors (Lipinski definition) is 3. The predicted octanol–water partition coefficient (Wildman–Crippen LogP) is 4.28. The molecule has 0 spiro atoms. The summed E-state index contributed by atoms with van der Waals surface area (Å²) in [5, 5.41) is 0. The van der Waals surface area contributed by atoms with Gasteiger partial charge in [-0.2, -0.15) is 0 Å². The van der Waals surface area contributed by atoms with Gasteiger partial charge in [-0.15, -0.1) is 0 Å². The highest BCUT2D eigenvalue weighted by Gasteiger charge is 2.30. The largest absolute Gasteiger partial charge is 0.456 e. The number of furan rings is 1. The molecule has 3 rings (SSSR count). The Morgan fingerprint density at radius 2 is 2.04 bits per heavy atom. The predicted molar refractivity (Wildman–Crippen MR) is 93.0 cm³/mol. The number of carbonyl (C=O) groups is 1. The van der Waals surface area contributed by atoms with Crippen LogP contribution in [-0.4, -0.2) is 30.5 Å². The Hall–Kier alpha value is -2.14. The summed E-state index contributed by atoms with van der Waals surface area (Å²) in [4.78, 5) is 14.5. The highest BCUT2D eigenvalue weighted by Crippen LogP contribution is 2.31. The molecule has 1 amide bonds. The van der Waals surface area contributed by atoms with Crippen molar-refractivity contribution in [3.8, 4) is 0 Å². The first-order chi connectivity index (χ1) is 12.0. The van der Waals surface area contributed by atoms with E-state index in [1.54, 1.807) is 17.0 Å². The van der Waals surface area contributed by atoms with Crippen LogP contribution < -0.4 is 0 Å². The summed E-state index contributed by atoms with van der Waals surface area (Å²) in [6.07, 6.45) is 2.11. The zero-order chi connectivity index (χ0) is 18.0. The molecule has 2 atom stereocenters. The fraction of sp³-hybridized carbons (Fsp3) is 0.450. The normalized spacial score (nSPS) is 20.5. The van der Waals surface area contributed by atoms with E-state index in [4.69, 9.17) is 9.15 Å². The van der Waals surface area contributed by atoms with Gasteiger partial charge in [0.05, 0.1) is 6.10 Å². The summed E-state index contributed by atoms with van der Waals surface area (Å²) in [6, 6.07) is 8.24. The quantitative estimate of drug-likeness (QED) is 0.830. The minimum absolute atomic E-state index is 0.0618. The van der Waals surface area contributed by atoms with Crippen LogP contribution >= 0.6 is 0 Å². The smallest absolute Gasteiger partial charge is 0.289 e. The molecule has 0 aliphatic carbocycles. The average Bonchev–Trinajstić information content (AvgIpc) is 3.02. The van der Waals surface area contributed by atoms with Gasteiger partial charge in [-0.25, -0.2) is 4.39 Å². The highest BCUT2D eigenvalue weighted by atomic mass is 19.1. The van der Waals surface area contributed by atoms with Crippen LogP contribution in [0, 0.1) is 12.7 Å². The number of halogens is 1. The zero-order valence-electron chi connectivity index (χ0n) is 14.9. The lowest BCUT2D eigenvalue weighted by Crippen LogP contribution is -2.41. The molecule has 0 radical (unpaired) electrons. The number of carbonyl (C=O) groups excluding carboxylic acids is 1. The number of benzene rings is 1. The van der Waals surface area contributed by atoms with Crippen molar-refractivity contribution in [2.24, 2.45) is 0 Å². The van der Waals surface area contributed by atoms with Crippen molar-refractivity contribution >= 4 is 5.91 Å². The van der Waals surface area contributed by atoms with E-state index in [1.165, 1.54) is 12.1 Å². The molecule has 5 heteroatoms. The van der Waals surface area contributed by atoms with E-state index in [2.05, 4.69) is 0 Å². The van der Waals surface area contributed by atoms with Crippen LogP contribution in [0.4, 0.5) is 4.39 Å². The molecule has 0 N–H and O–H groups in total. The average molecular weight is 345 g/mol. The van der Waals surface area contributed by atoms with E-state index in [0.717, 1.165) is 29.7 Å². The van der Waals surface area contributed by atoms with Crippen molar-refractivity contribution in [3.05, 3.63) is 58.8 Å². The van der Waals surface area contributed by atoms with Crippen LogP contribution in [0.5, 0.6) is 0 Å². The summed E-state index contributed by atoms with van der Waals surface area (Å²) in [5.41, 5.74) is 1.95. The molecule has 4 nitrogen and oxygen atoms in total. The molecule has 1 aliphatic heterocycles. The fourth-order valence-electron chi connectivity index (χ4n) is 3.36. The van der Waals surface area contributed by atoms with Gasteiger partial charge in [0.1, 0.15) is 11.6 Å². The van der Waals surface area contributed by atoms with Gasteiger partial charge in [0.25, 0.3) is 5.91 Å². The van der Waals surface area contributed by atoms with E-state index >= 15 is 0 Å².